The SMILES string of the molecule is O=C1Cc2ccccc2Oc2cc([N+](=O)[O-])cc(Oc3ccccc3Br)c21. The van der Waals surface area contributed by atoms with Gasteiger partial charge in [-0.2, -0.15) is 0 Å². The molecule has 0 amide bonds. The van der Waals surface area contributed by atoms with E-state index < -0.39 is 4.92 Å². The van der Waals surface area contributed by atoms with Crippen LogP contribution in [0.25, 0.3) is 0 Å². The number of hydrogen-bond donors (Lipinski definition) is 0. The van der Waals surface area contributed by atoms with Crippen LogP contribution in [0, 0.1) is 10.1 Å². The van der Waals surface area contributed by atoms with E-state index in [0.717, 1.165) is 0 Å². The molecule has 0 unspecified atom stereocenters. The maximum Gasteiger partial charge on any atom is 0.276 e. The van der Waals surface area contributed by atoms with Crippen molar-refractivity contribution in [2.45, 2.75) is 6.42 Å². The topological polar surface area (TPSA) is 78.7 Å². The number of ketones is 1. The summed E-state index contributed by atoms with van der Waals surface area (Å²) in [6, 6.07) is 16.7. The number of rotatable bonds is 3. The van der Waals surface area contributed by atoms with Gasteiger partial charge in [0.15, 0.2) is 5.78 Å². The highest BCUT2D eigenvalue weighted by Crippen LogP contribution is 2.43. The van der Waals surface area contributed by atoms with Crippen LogP contribution < -0.4 is 9.47 Å². The lowest BCUT2D eigenvalue weighted by Gasteiger charge is -2.13. The van der Waals surface area contributed by atoms with Crippen molar-refractivity contribution in [1.29, 1.82) is 0 Å². The zero-order valence-electron chi connectivity index (χ0n) is 13.8. The molecule has 0 atom stereocenters. The molecule has 0 fully saturated rings. The molecule has 0 aliphatic carbocycles. The van der Waals surface area contributed by atoms with Gasteiger partial charge in [-0.1, -0.05) is 30.3 Å². The van der Waals surface area contributed by atoms with Crippen LogP contribution in [0.3, 0.4) is 0 Å². The van der Waals surface area contributed by atoms with Gasteiger partial charge in [0.05, 0.1) is 21.5 Å². The molecule has 134 valence electrons. The minimum Gasteiger partial charge on any atom is -0.456 e. The van der Waals surface area contributed by atoms with E-state index >= 15 is 0 Å². The second kappa shape index (κ2) is 6.85. The Bertz CT molecular complexity index is 1080. The summed E-state index contributed by atoms with van der Waals surface area (Å²) < 4.78 is 12.4. The molecule has 6 nitrogen and oxygen atoms in total. The molecule has 0 saturated heterocycles. The predicted octanol–water partition coefficient (Wildman–Crippen LogP) is 5.68. The molecular weight excluding hydrogens is 414 g/mol. The van der Waals surface area contributed by atoms with Gasteiger partial charge >= 0.3 is 0 Å². The van der Waals surface area contributed by atoms with Crippen LogP contribution in [0.5, 0.6) is 23.0 Å². The Kier molecular flexibility index (Phi) is 4.37. The van der Waals surface area contributed by atoms with Crippen LogP contribution in [0.1, 0.15) is 15.9 Å². The predicted molar refractivity (Wildman–Crippen MR) is 102 cm³/mol. The molecule has 0 aromatic heterocycles. The summed E-state index contributed by atoms with van der Waals surface area (Å²) in [7, 11) is 0. The number of halogens is 1. The molecule has 1 heterocycles. The quantitative estimate of drug-likeness (QED) is 0.398. The van der Waals surface area contributed by atoms with Crippen molar-refractivity contribution in [1.82, 2.24) is 0 Å². The number of Topliss-reactive ketones (excluding diaryl/α,β-unsaturated/α-hetero) is 1. The molecule has 7 heteroatoms. The van der Waals surface area contributed by atoms with Crippen molar-refractivity contribution in [3.63, 3.8) is 0 Å². The van der Waals surface area contributed by atoms with E-state index in [4.69, 9.17) is 9.47 Å². The van der Waals surface area contributed by atoms with Gasteiger partial charge in [0.25, 0.3) is 5.69 Å². The van der Waals surface area contributed by atoms with Gasteiger partial charge in [0.2, 0.25) is 0 Å². The average Bonchev–Trinajstić information content (AvgIpc) is 2.79. The number of non-ortho nitro benzene ring substituents is 1. The summed E-state index contributed by atoms with van der Waals surface area (Å²) in [6.07, 6.45) is 0.118. The molecule has 27 heavy (non-hydrogen) atoms. The minimum atomic E-state index is -0.544. The van der Waals surface area contributed by atoms with Gasteiger partial charge in [-0.25, -0.2) is 0 Å². The molecule has 0 N–H and O–H groups in total. The number of nitro groups is 1. The average molecular weight is 426 g/mol. The highest BCUT2D eigenvalue weighted by molar-refractivity contribution is 9.10. The van der Waals surface area contributed by atoms with Crippen molar-refractivity contribution in [2.75, 3.05) is 0 Å². The monoisotopic (exact) mass is 425 g/mol. The standard InChI is InChI=1S/C20H12BrNO5/c21-14-6-2-4-8-17(14)27-19-11-13(22(24)25)10-18-20(19)15(23)9-12-5-1-3-7-16(12)26-18/h1-8,10-11H,9H2. The van der Waals surface area contributed by atoms with Crippen LogP contribution in [0.15, 0.2) is 65.1 Å². The second-order valence-corrected chi connectivity index (χ2v) is 6.77. The van der Waals surface area contributed by atoms with Gasteiger partial charge in [-0.15, -0.1) is 0 Å². The van der Waals surface area contributed by atoms with Crippen LogP contribution in [-0.4, -0.2) is 10.7 Å². The fraction of sp³-hybridized carbons (Fsp3) is 0.0500. The Balaban J connectivity index is 1.89. The first-order valence-electron chi connectivity index (χ1n) is 8.06. The summed E-state index contributed by atoms with van der Waals surface area (Å²) in [5.41, 5.74) is 0.684. The number of nitrogens with zero attached hydrogens (tertiary/aromatic N) is 1. The highest BCUT2D eigenvalue weighted by Gasteiger charge is 2.28. The smallest absolute Gasteiger partial charge is 0.276 e. The number of carbonyl (C=O) groups is 1. The van der Waals surface area contributed by atoms with Gasteiger partial charge in [-0.05, 0) is 34.1 Å². The zero-order valence-corrected chi connectivity index (χ0v) is 15.4. The van der Waals surface area contributed by atoms with E-state index in [1.807, 2.05) is 12.1 Å². The molecule has 3 aromatic rings. The fourth-order valence-corrected chi connectivity index (χ4v) is 3.26. The summed E-state index contributed by atoms with van der Waals surface area (Å²) in [5, 5.41) is 11.4. The third kappa shape index (κ3) is 3.29. The number of para-hydroxylation sites is 2. The third-order valence-corrected chi connectivity index (χ3v) is 4.80. The first-order valence-corrected chi connectivity index (χ1v) is 8.86. The maximum absolute atomic E-state index is 12.9. The van der Waals surface area contributed by atoms with E-state index in [0.29, 0.717) is 21.5 Å². The van der Waals surface area contributed by atoms with Crippen LogP contribution >= 0.6 is 15.9 Å². The maximum atomic E-state index is 12.9. The van der Waals surface area contributed by atoms with Crippen LogP contribution in [-0.2, 0) is 6.42 Å². The van der Waals surface area contributed by atoms with E-state index in [1.165, 1.54) is 12.1 Å². The summed E-state index contributed by atoms with van der Waals surface area (Å²) in [4.78, 5) is 23.7. The number of ether oxygens (including phenoxy) is 2. The lowest BCUT2D eigenvalue weighted by Crippen LogP contribution is -2.05. The third-order valence-electron chi connectivity index (χ3n) is 4.14. The number of nitro benzene ring substituents is 1. The molecule has 1 aliphatic rings. The summed E-state index contributed by atoms with van der Waals surface area (Å²) >= 11 is 3.38. The largest absolute Gasteiger partial charge is 0.456 e. The van der Waals surface area contributed by atoms with Crippen molar-refractivity contribution in [2.24, 2.45) is 0 Å². The fourth-order valence-electron chi connectivity index (χ4n) is 2.89. The molecule has 0 saturated carbocycles. The first kappa shape index (κ1) is 17.2. The molecular formula is C20H12BrNO5. The van der Waals surface area contributed by atoms with E-state index in [1.54, 1.807) is 36.4 Å². The van der Waals surface area contributed by atoms with Crippen molar-refractivity contribution in [3.8, 4) is 23.0 Å². The second-order valence-electron chi connectivity index (χ2n) is 5.92. The zero-order chi connectivity index (χ0) is 19.0. The number of hydrogen-bond acceptors (Lipinski definition) is 5. The summed E-state index contributed by atoms with van der Waals surface area (Å²) in [6.45, 7) is 0. The number of benzene rings is 3. The van der Waals surface area contributed by atoms with E-state index in [9.17, 15) is 14.9 Å². The minimum absolute atomic E-state index is 0.0870. The molecule has 0 radical (unpaired) electrons. The molecule has 3 aromatic carbocycles. The van der Waals surface area contributed by atoms with Gasteiger partial charge in [0.1, 0.15) is 28.6 Å². The lowest BCUT2D eigenvalue weighted by molar-refractivity contribution is -0.385. The Morgan fingerprint density at radius 2 is 1.74 bits per heavy atom. The molecule has 4 rings (SSSR count). The molecule has 1 aliphatic heterocycles. The Hall–Kier alpha value is -3.19. The summed E-state index contributed by atoms with van der Waals surface area (Å²) in [5.74, 6) is 0.906. The Labute approximate surface area is 162 Å². The van der Waals surface area contributed by atoms with Crippen molar-refractivity contribution < 1.29 is 19.2 Å². The van der Waals surface area contributed by atoms with E-state index in [2.05, 4.69) is 15.9 Å². The highest BCUT2D eigenvalue weighted by atomic mass is 79.9. The van der Waals surface area contributed by atoms with Gasteiger partial charge in [-0.3, -0.25) is 14.9 Å². The van der Waals surface area contributed by atoms with E-state index in [-0.39, 0.29) is 35.0 Å². The molecule has 0 spiro atoms. The molecule has 0 bridgehead atoms. The van der Waals surface area contributed by atoms with Crippen molar-refractivity contribution >= 4 is 27.4 Å². The van der Waals surface area contributed by atoms with Crippen LogP contribution in [0.4, 0.5) is 5.69 Å². The van der Waals surface area contributed by atoms with Gasteiger partial charge in [0, 0.05) is 12.0 Å². The number of fused-ring (bicyclic) bond motifs is 2. The first-order chi connectivity index (χ1) is 13.0. The normalized spacial score (nSPS) is 12.4. The lowest BCUT2D eigenvalue weighted by atomic mass is 10.0. The Morgan fingerprint density at radius 1 is 1.00 bits per heavy atom. The number of carbonyl (C=O) groups excluding carboxylic acids is 1. The Morgan fingerprint density at radius 3 is 2.52 bits per heavy atom. The van der Waals surface area contributed by atoms with Gasteiger partial charge < -0.3 is 9.47 Å². The van der Waals surface area contributed by atoms with Crippen molar-refractivity contribution in [3.05, 3.63) is 86.4 Å². The van der Waals surface area contributed by atoms with Crippen LogP contribution in [0.2, 0.25) is 0 Å².